The van der Waals surface area contributed by atoms with E-state index in [1.807, 2.05) is 13.0 Å². The van der Waals surface area contributed by atoms with Gasteiger partial charge in [-0.1, -0.05) is 25.2 Å². The molecule has 0 aliphatic heterocycles. The summed E-state index contributed by atoms with van der Waals surface area (Å²) in [6, 6.07) is 0. The maximum absolute atomic E-state index is 11.6. The zero-order valence-electron chi connectivity index (χ0n) is 10.7. The van der Waals surface area contributed by atoms with Crippen LogP contribution in [0.3, 0.4) is 0 Å². The first-order chi connectivity index (χ1) is 7.94. The molecule has 0 spiro atoms. The molecule has 17 heavy (non-hydrogen) atoms. The van der Waals surface area contributed by atoms with Crippen LogP contribution in [0.2, 0.25) is 0 Å². The van der Waals surface area contributed by atoms with Crippen LogP contribution in [0.5, 0.6) is 0 Å². The minimum absolute atomic E-state index is 0.141. The number of hydrogen-bond donors (Lipinski definition) is 1. The molecule has 0 aromatic carbocycles. The molecule has 0 amide bonds. The van der Waals surface area contributed by atoms with Gasteiger partial charge in [-0.3, -0.25) is 0 Å². The Bertz CT molecular complexity index is 321. The third kappa shape index (κ3) is 2.97. The molecule has 3 nitrogen and oxygen atoms in total. The number of hydrogen-bond acceptors (Lipinski definition) is 3. The van der Waals surface area contributed by atoms with Crippen molar-refractivity contribution >= 4 is 5.97 Å². The number of aliphatic hydroxyl groups is 1. The highest BCUT2D eigenvalue weighted by Crippen LogP contribution is 2.41. The molecule has 0 aromatic heterocycles. The Labute approximate surface area is 103 Å². The first-order valence-electron chi connectivity index (χ1n) is 6.05. The van der Waals surface area contributed by atoms with Crippen LogP contribution < -0.4 is 0 Å². The van der Waals surface area contributed by atoms with Gasteiger partial charge in [0.25, 0.3) is 0 Å². The highest BCUT2D eigenvalue weighted by atomic mass is 16.5. The summed E-state index contributed by atoms with van der Waals surface area (Å²) < 4.78 is 4.69. The minimum atomic E-state index is -1.35. The number of rotatable bonds is 4. The lowest BCUT2D eigenvalue weighted by Crippen LogP contribution is -2.46. The predicted octanol–water partition coefficient (Wildman–Crippen LogP) is 2.46. The molecule has 0 radical (unpaired) electrons. The Morgan fingerprint density at radius 3 is 2.82 bits per heavy atom. The normalized spacial score (nSPS) is 33.2. The largest absolute Gasteiger partial charge is 0.467 e. The van der Waals surface area contributed by atoms with Crippen molar-refractivity contribution in [2.24, 2.45) is 11.8 Å². The molecule has 3 atom stereocenters. The second kappa shape index (κ2) is 5.50. The van der Waals surface area contributed by atoms with Gasteiger partial charge >= 0.3 is 5.97 Å². The minimum Gasteiger partial charge on any atom is -0.467 e. The molecular weight excluding hydrogens is 216 g/mol. The van der Waals surface area contributed by atoms with Crippen molar-refractivity contribution < 1.29 is 14.6 Å². The van der Waals surface area contributed by atoms with Crippen LogP contribution in [0.4, 0.5) is 0 Å². The van der Waals surface area contributed by atoms with E-state index in [0.717, 1.165) is 18.4 Å². The van der Waals surface area contributed by atoms with Crippen molar-refractivity contribution in [3.05, 3.63) is 24.8 Å². The van der Waals surface area contributed by atoms with Crippen LogP contribution in [0.15, 0.2) is 24.8 Å². The van der Waals surface area contributed by atoms with Crippen molar-refractivity contribution in [1.29, 1.82) is 0 Å². The molecule has 96 valence electrons. The highest BCUT2D eigenvalue weighted by Gasteiger charge is 2.45. The van der Waals surface area contributed by atoms with Crippen LogP contribution in [-0.4, -0.2) is 23.8 Å². The first-order valence-corrected chi connectivity index (χ1v) is 6.05. The summed E-state index contributed by atoms with van der Waals surface area (Å²) in [5, 5.41) is 10.4. The molecule has 1 N–H and O–H groups in total. The van der Waals surface area contributed by atoms with Gasteiger partial charge in [-0.15, -0.1) is 6.58 Å². The topological polar surface area (TPSA) is 46.5 Å². The molecule has 0 saturated heterocycles. The van der Waals surface area contributed by atoms with Gasteiger partial charge in [0, 0.05) is 0 Å². The average molecular weight is 238 g/mol. The summed E-state index contributed by atoms with van der Waals surface area (Å²) in [6.45, 7) is 9.77. The highest BCUT2D eigenvalue weighted by molar-refractivity contribution is 5.79. The van der Waals surface area contributed by atoms with Crippen LogP contribution in [0.25, 0.3) is 0 Å². The summed E-state index contributed by atoms with van der Waals surface area (Å²) in [4.78, 5) is 11.6. The zero-order valence-corrected chi connectivity index (χ0v) is 10.7. The lowest BCUT2D eigenvalue weighted by Gasteiger charge is -2.39. The molecular formula is C14H22O3. The molecule has 1 fully saturated rings. The lowest BCUT2D eigenvalue weighted by atomic mass is 9.69. The van der Waals surface area contributed by atoms with E-state index in [9.17, 15) is 9.90 Å². The monoisotopic (exact) mass is 238 g/mol. The van der Waals surface area contributed by atoms with Crippen LogP contribution in [-0.2, 0) is 9.53 Å². The summed E-state index contributed by atoms with van der Waals surface area (Å²) >= 11 is 0. The molecule has 0 unspecified atom stereocenters. The number of carbonyl (C=O) groups is 1. The van der Waals surface area contributed by atoms with Gasteiger partial charge in [-0.05, 0) is 37.5 Å². The van der Waals surface area contributed by atoms with Gasteiger partial charge in [-0.2, -0.15) is 0 Å². The first kappa shape index (κ1) is 14.0. The fourth-order valence-corrected chi connectivity index (χ4v) is 2.63. The van der Waals surface area contributed by atoms with E-state index in [0.29, 0.717) is 12.8 Å². The Balaban J connectivity index is 2.82. The molecule has 1 saturated carbocycles. The fraction of sp³-hybridized carbons (Fsp3) is 0.643. The Kier molecular flexibility index (Phi) is 4.52. The molecule has 0 bridgehead atoms. The summed E-state index contributed by atoms with van der Waals surface area (Å²) in [7, 11) is 1.31. The molecule has 3 heteroatoms. The zero-order chi connectivity index (χ0) is 13.1. The smallest absolute Gasteiger partial charge is 0.337 e. The number of ether oxygens (including phenoxy) is 1. The summed E-state index contributed by atoms with van der Waals surface area (Å²) in [6.07, 6.45) is 4.42. The van der Waals surface area contributed by atoms with Crippen molar-refractivity contribution in [3.8, 4) is 0 Å². The Morgan fingerprint density at radius 1 is 1.65 bits per heavy atom. The van der Waals surface area contributed by atoms with Crippen molar-refractivity contribution in [3.63, 3.8) is 0 Å². The molecule has 1 aliphatic carbocycles. The van der Waals surface area contributed by atoms with E-state index in [1.165, 1.54) is 7.11 Å². The lowest BCUT2D eigenvalue weighted by molar-refractivity contribution is -0.167. The SMILES string of the molecule is C=CCC[C@H]1C[C@@](O)(C(=O)OC)C[C@@H](C)C1=C. The average Bonchev–Trinajstić information content (AvgIpc) is 2.31. The Morgan fingerprint density at radius 2 is 2.29 bits per heavy atom. The standard InChI is InChI=1S/C14H22O3/c1-5-6-7-12-9-14(16,13(15)17-4)8-10(2)11(12)3/h5,10,12,16H,1,3,6-9H2,2,4H3/t10-,12+,14-/m1/s1. The summed E-state index contributed by atoms with van der Waals surface area (Å²) in [5.74, 6) is -0.219. The maximum atomic E-state index is 11.6. The third-order valence-electron chi connectivity index (χ3n) is 3.67. The molecule has 1 rings (SSSR count). The van der Waals surface area contributed by atoms with Gasteiger partial charge < -0.3 is 9.84 Å². The quantitative estimate of drug-likeness (QED) is 0.604. The predicted molar refractivity (Wildman–Crippen MR) is 67.4 cm³/mol. The number of carbonyl (C=O) groups excluding carboxylic acids is 1. The number of allylic oxidation sites excluding steroid dienone is 2. The number of esters is 1. The molecule has 1 aliphatic rings. The maximum Gasteiger partial charge on any atom is 0.337 e. The van der Waals surface area contributed by atoms with Crippen molar-refractivity contribution in [2.75, 3.05) is 7.11 Å². The second-order valence-electron chi connectivity index (χ2n) is 4.97. The van der Waals surface area contributed by atoms with E-state index in [1.54, 1.807) is 0 Å². The van der Waals surface area contributed by atoms with Crippen molar-refractivity contribution in [2.45, 2.75) is 38.2 Å². The van der Waals surface area contributed by atoms with Gasteiger partial charge in [0.05, 0.1) is 7.11 Å². The fourth-order valence-electron chi connectivity index (χ4n) is 2.63. The number of methoxy groups -OCH3 is 1. The van der Waals surface area contributed by atoms with E-state index >= 15 is 0 Å². The van der Waals surface area contributed by atoms with Gasteiger partial charge in [-0.25, -0.2) is 4.79 Å². The van der Waals surface area contributed by atoms with Gasteiger partial charge in [0.15, 0.2) is 5.60 Å². The third-order valence-corrected chi connectivity index (χ3v) is 3.67. The molecule has 0 heterocycles. The van der Waals surface area contributed by atoms with Crippen molar-refractivity contribution in [1.82, 2.24) is 0 Å². The second-order valence-corrected chi connectivity index (χ2v) is 4.97. The van der Waals surface area contributed by atoms with E-state index in [4.69, 9.17) is 4.74 Å². The van der Waals surface area contributed by atoms with Gasteiger partial charge in [0.2, 0.25) is 0 Å². The van der Waals surface area contributed by atoms with Crippen LogP contribution >= 0.6 is 0 Å². The van der Waals surface area contributed by atoms with E-state index in [-0.39, 0.29) is 11.8 Å². The summed E-state index contributed by atoms with van der Waals surface area (Å²) in [5.41, 5.74) is -0.221. The molecule has 0 aromatic rings. The van der Waals surface area contributed by atoms with Crippen LogP contribution in [0.1, 0.15) is 32.6 Å². The van der Waals surface area contributed by atoms with E-state index in [2.05, 4.69) is 13.2 Å². The van der Waals surface area contributed by atoms with E-state index < -0.39 is 11.6 Å². The van der Waals surface area contributed by atoms with Crippen LogP contribution in [0, 0.1) is 11.8 Å². The Hall–Kier alpha value is -1.09. The van der Waals surface area contributed by atoms with Gasteiger partial charge in [0.1, 0.15) is 0 Å².